The number of imidazole rings is 1. The number of aromatic nitrogens is 2. The second-order valence-electron chi connectivity index (χ2n) is 4.68. The Morgan fingerprint density at radius 2 is 2.42 bits per heavy atom. The highest BCUT2D eigenvalue weighted by Gasteiger charge is 2.27. The van der Waals surface area contributed by atoms with Gasteiger partial charge in [-0.1, -0.05) is 0 Å². The Hall–Kier alpha value is -1.89. The van der Waals surface area contributed by atoms with Crippen LogP contribution in [0.2, 0.25) is 0 Å². The summed E-state index contributed by atoms with van der Waals surface area (Å²) in [5, 5.41) is 2.07. The molecular formula is C12H19N5O2. The zero-order valence-corrected chi connectivity index (χ0v) is 10.8. The van der Waals surface area contributed by atoms with Crippen LogP contribution in [0.15, 0.2) is 12.4 Å². The van der Waals surface area contributed by atoms with Crippen molar-refractivity contribution in [3.63, 3.8) is 0 Å². The highest BCUT2D eigenvalue weighted by atomic mass is 16.2. The smallest absolute Gasteiger partial charge is 0.318 e. The number of urea groups is 1. The van der Waals surface area contributed by atoms with Crippen molar-refractivity contribution in [2.24, 2.45) is 5.73 Å². The first-order chi connectivity index (χ1) is 9.16. The maximum absolute atomic E-state index is 11.3. The highest BCUT2D eigenvalue weighted by Crippen LogP contribution is 2.29. The Morgan fingerprint density at radius 1 is 1.58 bits per heavy atom. The summed E-state index contributed by atoms with van der Waals surface area (Å²) >= 11 is 0. The lowest BCUT2D eigenvalue weighted by atomic mass is 10.2. The van der Waals surface area contributed by atoms with Gasteiger partial charge in [0.2, 0.25) is 5.91 Å². The monoisotopic (exact) mass is 265 g/mol. The third-order valence-corrected chi connectivity index (χ3v) is 3.31. The largest absolute Gasteiger partial charge is 0.351 e. The Kier molecular flexibility index (Phi) is 4.51. The molecule has 1 aliphatic heterocycles. The molecule has 2 heterocycles. The number of carbonyl (C=O) groups excluding carboxylic acids is 2. The summed E-state index contributed by atoms with van der Waals surface area (Å²) in [5.74, 6) is 0.667. The van der Waals surface area contributed by atoms with Crippen LogP contribution in [0.5, 0.6) is 0 Å². The number of nitrogens with zero attached hydrogens (tertiary/aromatic N) is 2. The summed E-state index contributed by atoms with van der Waals surface area (Å²) in [5.41, 5.74) is 4.88. The average molecular weight is 265 g/mol. The number of likely N-dealkylation sites (tertiary alicyclic amines) is 1. The lowest BCUT2D eigenvalue weighted by molar-refractivity contribution is -0.120. The molecule has 4 N–H and O–H groups in total. The van der Waals surface area contributed by atoms with E-state index in [1.807, 2.05) is 6.20 Å². The van der Waals surface area contributed by atoms with Crippen LogP contribution in [-0.2, 0) is 4.79 Å². The lowest BCUT2D eigenvalue weighted by Crippen LogP contribution is -2.35. The first-order valence-electron chi connectivity index (χ1n) is 6.49. The molecule has 0 aliphatic carbocycles. The molecule has 1 aromatic heterocycles. The number of primary amides is 1. The number of H-pyrrole nitrogens is 1. The number of hydrogen-bond donors (Lipinski definition) is 3. The minimum absolute atomic E-state index is 0.310. The van der Waals surface area contributed by atoms with Gasteiger partial charge < -0.3 is 10.7 Å². The van der Waals surface area contributed by atoms with Gasteiger partial charge in [-0.15, -0.1) is 0 Å². The van der Waals surface area contributed by atoms with Gasteiger partial charge in [-0.05, 0) is 32.4 Å². The van der Waals surface area contributed by atoms with Crippen LogP contribution in [0.3, 0.4) is 0 Å². The van der Waals surface area contributed by atoms with E-state index < -0.39 is 6.03 Å². The predicted octanol–water partition coefficient (Wildman–Crippen LogP) is 0.522. The zero-order chi connectivity index (χ0) is 13.7. The molecule has 2 rings (SSSR count). The van der Waals surface area contributed by atoms with E-state index in [0.29, 0.717) is 18.9 Å². The SMILES string of the molecule is NC(=O)NC(=O)CCCN1CCCC1c1ncc[nH]1. The molecule has 0 saturated carbocycles. The van der Waals surface area contributed by atoms with E-state index in [1.165, 1.54) is 0 Å². The molecule has 1 saturated heterocycles. The summed E-state index contributed by atoms with van der Waals surface area (Å²) in [6, 6.07) is -0.478. The number of hydrogen-bond acceptors (Lipinski definition) is 4. The number of carbonyl (C=O) groups is 2. The number of aromatic amines is 1. The zero-order valence-electron chi connectivity index (χ0n) is 10.8. The second kappa shape index (κ2) is 6.33. The number of rotatable bonds is 5. The fourth-order valence-corrected chi connectivity index (χ4v) is 2.51. The number of imide groups is 1. The minimum Gasteiger partial charge on any atom is -0.351 e. The van der Waals surface area contributed by atoms with Gasteiger partial charge in [0.25, 0.3) is 0 Å². The molecule has 0 spiro atoms. The van der Waals surface area contributed by atoms with Crippen molar-refractivity contribution in [1.82, 2.24) is 20.2 Å². The van der Waals surface area contributed by atoms with Crippen LogP contribution in [0.25, 0.3) is 0 Å². The molecule has 0 radical (unpaired) electrons. The molecular weight excluding hydrogens is 246 g/mol. The molecule has 1 atom stereocenters. The van der Waals surface area contributed by atoms with E-state index in [4.69, 9.17) is 5.73 Å². The van der Waals surface area contributed by atoms with Crippen LogP contribution >= 0.6 is 0 Å². The summed E-state index contributed by atoms with van der Waals surface area (Å²) < 4.78 is 0. The second-order valence-corrected chi connectivity index (χ2v) is 4.68. The average Bonchev–Trinajstić information content (AvgIpc) is 2.96. The van der Waals surface area contributed by atoms with E-state index >= 15 is 0 Å². The summed E-state index contributed by atoms with van der Waals surface area (Å²) in [6.45, 7) is 1.83. The molecule has 7 nitrogen and oxygen atoms in total. The molecule has 1 unspecified atom stereocenters. The summed E-state index contributed by atoms with van der Waals surface area (Å²) in [6.07, 6.45) is 6.82. The van der Waals surface area contributed by atoms with Gasteiger partial charge in [0.05, 0.1) is 6.04 Å². The molecule has 1 aliphatic rings. The molecule has 3 amide bonds. The fraction of sp³-hybridized carbons (Fsp3) is 0.583. The van der Waals surface area contributed by atoms with Gasteiger partial charge in [-0.25, -0.2) is 9.78 Å². The van der Waals surface area contributed by atoms with E-state index in [9.17, 15) is 9.59 Å². The Balaban J connectivity index is 1.76. The molecule has 0 bridgehead atoms. The normalized spacial score (nSPS) is 19.5. The van der Waals surface area contributed by atoms with Crippen molar-refractivity contribution in [2.75, 3.05) is 13.1 Å². The van der Waals surface area contributed by atoms with Gasteiger partial charge in [-0.2, -0.15) is 0 Å². The van der Waals surface area contributed by atoms with E-state index in [-0.39, 0.29) is 5.91 Å². The topological polar surface area (TPSA) is 104 Å². The minimum atomic E-state index is -0.792. The Bertz CT molecular complexity index is 431. The lowest BCUT2D eigenvalue weighted by Gasteiger charge is -2.22. The van der Waals surface area contributed by atoms with Crippen LogP contribution in [0.1, 0.15) is 37.5 Å². The molecule has 1 aromatic rings. The predicted molar refractivity (Wildman–Crippen MR) is 69.1 cm³/mol. The third kappa shape index (κ3) is 3.78. The van der Waals surface area contributed by atoms with Crippen molar-refractivity contribution in [3.8, 4) is 0 Å². The molecule has 1 fully saturated rings. The summed E-state index contributed by atoms with van der Waals surface area (Å²) in [7, 11) is 0. The first kappa shape index (κ1) is 13.5. The van der Waals surface area contributed by atoms with Crippen molar-refractivity contribution in [3.05, 3.63) is 18.2 Å². The Labute approximate surface area is 111 Å². The molecule has 104 valence electrons. The van der Waals surface area contributed by atoms with E-state index in [0.717, 1.165) is 31.8 Å². The van der Waals surface area contributed by atoms with Gasteiger partial charge in [0.1, 0.15) is 5.82 Å². The standard InChI is InChI=1S/C12H19N5O2/c13-12(19)16-10(18)4-2-8-17-7-1-3-9(17)11-14-5-6-15-11/h5-6,9H,1-4,7-8H2,(H,14,15)(H3,13,16,18,19). The van der Waals surface area contributed by atoms with Crippen molar-refractivity contribution >= 4 is 11.9 Å². The van der Waals surface area contributed by atoms with Gasteiger partial charge in [0.15, 0.2) is 0 Å². The van der Waals surface area contributed by atoms with Gasteiger partial charge >= 0.3 is 6.03 Å². The van der Waals surface area contributed by atoms with E-state index in [2.05, 4.69) is 20.2 Å². The Morgan fingerprint density at radius 3 is 3.11 bits per heavy atom. The van der Waals surface area contributed by atoms with Crippen molar-refractivity contribution in [1.29, 1.82) is 0 Å². The van der Waals surface area contributed by atoms with E-state index in [1.54, 1.807) is 6.20 Å². The van der Waals surface area contributed by atoms with Gasteiger partial charge in [0, 0.05) is 18.8 Å². The highest BCUT2D eigenvalue weighted by molar-refractivity contribution is 5.93. The number of amides is 3. The fourth-order valence-electron chi connectivity index (χ4n) is 2.51. The van der Waals surface area contributed by atoms with Crippen LogP contribution in [0.4, 0.5) is 4.79 Å². The third-order valence-electron chi connectivity index (χ3n) is 3.31. The van der Waals surface area contributed by atoms with Crippen LogP contribution in [-0.4, -0.2) is 39.9 Å². The quantitative estimate of drug-likeness (QED) is 0.722. The number of nitrogens with one attached hydrogen (secondary N) is 2. The molecule has 0 aromatic carbocycles. The van der Waals surface area contributed by atoms with Gasteiger partial charge in [-0.3, -0.25) is 15.0 Å². The summed E-state index contributed by atoms with van der Waals surface area (Å²) in [4.78, 5) is 31.5. The maximum atomic E-state index is 11.3. The van der Waals surface area contributed by atoms with Crippen LogP contribution in [0, 0.1) is 0 Å². The van der Waals surface area contributed by atoms with Crippen LogP contribution < -0.4 is 11.1 Å². The molecule has 7 heteroatoms. The van der Waals surface area contributed by atoms with Crippen molar-refractivity contribution < 1.29 is 9.59 Å². The molecule has 19 heavy (non-hydrogen) atoms. The number of nitrogens with two attached hydrogens (primary N) is 1. The maximum Gasteiger partial charge on any atom is 0.318 e. The first-order valence-corrected chi connectivity index (χ1v) is 6.49. The van der Waals surface area contributed by atoms with Crippen molar-refractivity contribution in [2.45, 2.75) is 31.7 Å².